The van der Waals surface area contributed by atoms with E-state index in [-0.39, 0.29) is 12.1 Å². The van der Waals surface area contributed by atoms with Gasteiger partial charge in [-0.1, -0.05) is 18.5 Å². The van der Waals surface area contributed by atoms with Gasteiger partial charge in [-0.25, -0.2) is 0 Å². The highest BCUT2D eigenvalue weighted by Gasteiger charge is 2.32. The van der Waals surface area contributed by atoms with E-state index in [1.54, 1.807) is 11.3 Å². The molecule has 3 unspecified atom stereocenters. The summed E-state index contributed by atoms with van der Waals surface area (Å²) >= 11 is 7.66. The van der Waals surface area contributed by atoms with Gasteiger partial charge in [-0.3, -0.25) is 4.90 Å². The Labute approximate surface area is 118 Å². The van der Waals surface area contributed by atoms with Gasteiger partial charge in [0.05, 0.1) is 23.1 Å². The average molecular weight is 289 g/mol. The lowest BCUT2D eigenvalue weighted by Gasteiger charge is -2.42. The van der Waals surface area contributed by atoms with Crippen LogP contribution in [0.3, 0.4) is 0 Å². The molecule has 1 saturated heterocycles. The van der Waals surface area contributed by atoms with Crippen LogP contribution < -0.4 is 5.73 Å². The zero-order valence-electron chi connectivity index (χ0n) is 10.9. The first-order valence-corrected chi connectivity index (χ1v) is 7.67. The number of thiophene rings is 1. The Morgan fingerprint density at radius 2 is 2.39 bits per heavy atom. The van der Waals surface area contributed by atoms with Gasteiger partial charge in [0.1, 0.15) is 0 Å². The summed E-state index contributed by atoms with van der Waals surface area (Å²) in [6, 6.07) is 4.77. The van der Waals surface area contributed by atoms with E-state index < -0.39 is 0 Å². The number of ether oxygens (including phenoxy) is 1. The molecule has 5 heteroatoms. The lowest BCUT2D eigenvalue weighted by molar-refractivity contribution is -0.0714. The lowest BCUT2D eigenvalue weighted by atomic mass is 10.1. The van der Waals surface area contributed by atoms with E-state index in [1.165, 1.54) is 4.88 Å². The molecule has 1 aromatic heterocycles. The summed E-state index contributed by atoms with van der Waals surface area (Å²) in [5.74, 6) is 0. The minimum absolute atomic E-state index is 0.263. The Morgan fingerprint density at radius 3 is 2.94 bits per heavy atom. The van der Waals surface area contributed by atoms with Crippen LogP contribution in [0.15, 0.2) is 12.1 Å². The van der Waals surface area contributed by atoms with Crippen LogP contribution >= 0.6 is 22.9 Å². The Morgan fingerprint density at radius 1 is 1.61 bits per heavy atom. The van der Waals surface area contributed by atoms with Crippen LogP contribution in [0.25, 0.3) is 0 Å². The monoisotopic (exact) mass is 288 g/mol. The molecular formula is C13H21ClN2OS. The zero-order valence-corrected chi connectivity index (χ0v) is 12.5. The molecule has 3 atom stereocenters. The molecule has 2 heterocycles. The summed E-state index contributed by atoms with van der Waals surface area (Å²) in [7, 11) is 0. The summed E-state index contributed by atoms with van der Waals surface area (Å²) in [6.45, 7) is 6.68. The molecule has 1 fully saturated rings. The molecule has 2 N–H and O–H groups in total. The lowest BCUT2D eigenvalue weighted by Crippen LogP contribution is -2.51. The fraction of sp³-hybridized carbons (Fsp3) is 0.692. The van der Waals surface area contributed by atoms with E-state index in [2.05, 4.69) is 24.8 Å². The Balaban J connectivity index is 2.19. The summed E-state index contributed by atoms with van der Waals surface area (Å²) in [6.07, 6.45) is 1.36. The predicted molar refractivity (Wildman–Crippen MR) is 77.3 cm³/mol. The van der Waals surface area contributed by atoms with Crippen LogP contribution in [-0.4, -0.2) is 36.7 Å². The molecule has 1 aliphatic rings. The fourth-order valence-electron chi connectivity index (χ4n) is 2.53. The van der Waals surface area contributed by atoms with Gasteiger partial charge >= 0.3 is 0 Å². The van der Waals surface area contributed by atoms with Crippen molar-refractivity contribution in [2.45, 2.75) is 38.5 Å². The Bertz CT molecular complexity index is 385. The van der Waals surface area contributed by atoms with Crippen molar-refractivity contribution >= 4 is 22.9 Å². The molecule has 3 nitrogen and oxygen atoms in total. The van der Waals surface area contributed by atoms with Crippen LogP contribution in [0.2, 0.25) is 4.34 Å². The molecule has 0 aliphatic carbocycles. The molecule has 2 rings (SSSR count). The van der Waals surface area contributed by atoms with Crippen molar-refractivity contribution in [3.63, 3.8) is 0 Å². The Hall–Kier alpha value is -0.130. The molecular weight excluding hydrogens is 268 g/mol. The quantitative estimate of drug-likeness (QED) is 0.926. The van der Waals surface area contributed by atoms with Crippen molar-refractivity contribution in [3.05, 3.63) is 21.3 Å². The van der Waals surface area contributed by atoms with E-state index >= 15 is 0 Å². The molecule has 0 amide bonds. The van der Waals surface area contributed by atoms with E-state index in [9.17, 15) is 0 Å². The standard InChI is InChI=1S/C13H21ClN2OS/c1-3-10-8-17-9(2)7-16(10)11(6-15)12-4-5-13(14)18-12/h4-5,9-11H,3,6-8,15H2,1-2H3. The van der Waals surface area contributed by atoms with E-state index in [0.29, 0.717) is 12.6 Å². The second-order valence-electron chi connectivity index (χ2n) is 4.80. The maximum Gasteiger partial charge on any atom is 0.0931 e. The van der Waals surface area contributed by atoms with E-state index in [0.717, 1.165) is 23.9 Å². The van der Waals surface area contributed by atoms with Crippen molar-refractivity contribution in [2.75, 3.05) is 19.7 Å². The molecule has 1 aliphatic heterocycles. The van der Waals surface area contributed by atoms with E-state index in [4.69, 9.17) is 22.1 Å². The number of rotatable bonds is 4. The molecule has 1 aromatic rings. The van der Waals surface area contributed by atoms with Crippen LogP contribution in [0.1, 0.15) is 31.2 Å². The number of hydrogen-bond donors (Lipinski definition) is 1. The average Bonchev–Trinajstić information content (AvgIpc) is 2.77. The number of halogens is 1. The fourth-order valence-corrected chi connectivity index (χ4v) is 3.72. The summed E-state index contributed by atoms with van der Waals surface area (Å²) < 4.78 is 6.57. The van der Waals surface area contributed by atoms with Gasteiger partial charge in [-0.15, -0.1) is 11.3 Å². The highest BCUT2D eigenvalue weighted by atomic mass is 35.5. The van der Waals surface area contributed by atoms with Crippen LogP contribution in [0.4, 0.5) is 0 Å². The van der Waals surface area contributed by atoms with Crippen LogP contribution in [0.5, 0.6) is 0 Å². The normalized spacial score (nSPS) is 27.3. The summed E-state index contributed by atoms with van der Waals surface area (Å²) in [5.41, 5.74) is 5.99. The van der Waals surface area contributed by atoms with Crippen molar-refractivity contribution in [2.24, 2.45) is 5.73 Å². The van der Waals surface area contributed by atoms with Gasteiger partial charge in [-0.2, -0.15) is 0 Å². The number of hydrogen-bond acceptors (Lipinski definition) is 4. The van der Waals surface area contributed by atoms with Gasteiger partial charge in [-0.05, 0) is 25.5 Å². The molecule has 0 radical (unpaired) electrons. The van der Waals surface area contributed by atoms with Gasteiger partial charge in [0.25, 0.3) is 0 Å². The van der Waals surface area contributed by atoms with Gasteiger partial charge in [0.2, 0.25) is 0 Å². The minimum Gasteiger partial charge on any atom is -0.376 e. The van der Waals surface area contributed by atoms with Crippen molar-refractivity contribution in [3.8, 4) is 0 Å². The van der Waals surface area contributed by atoms with Crippen molar-refractivity contribution in [1.29, 1.82) is 0 Å². The predicted octanol–water partition coefficient (Wildman–Crippen LogP) is 2.90. The Kier molecular flexibility index (Phi) is 5.04. The SMILES string of the molecule is CCC1COC(C)CN1C(CN)c1ccc(Cl)s1. The van der Waals surface area contributed by atoms with Gasteiger partial charge < -0.3 is 10.5 Å². The van der Waals surface area contributed by atoms with Crippen molar-refractivity contribution < 1.29 is 4.74 Å². The highest BCUT2D eigenvalue weighted by molar-refractivity contribution is 7.16. The molecule has 18 heavy (non-hydrogen) atoms. The van der Waals surface area contributed by atoms with Crippen molar-refractivity contribution in [1.82, 2.24) is 4.90 Å². The van der Waals surface area contributed by atoms with Crippen LogP contribution in [0, 0.1) is 0 Å². The third-order valence-electron chi connectivity index (χ3n) is 3.53. The summed E-state index contributed by atoms with van der Waals surface area (Å²) in [5, 5.41) is 0. The molecule has 0 bridgehead atoms. The summed E-state index contributed by atoms with van der Waals surface area (Å²) in [4.78, 5) is 3.74. The third-order valence-corrected chi connectivity index (χ3v) is 4.86. The largest absolute Gasteiger partial charge is 0.376 e. The zero-order chi connectivity index (χ0) is 13.1. The molecule has 102 valence electrons. The highest BCUT2D eigenvalue weighted by Crippen LogP contribution is 2.33. The molecule has 0 saturated carbocycles. The molecule has 0 spiro atoms. The van der Waals surface area contributed by atoms with Gasteiger partial charge in [0, 0.05) is 24.0 Å². The van der Waals surface area contributed by atoms with Gasteiger partial charge in [0.15, 0.2) is 0 Å². The maximum atomic E-state index is 6.03. The number of morpholine rings is 1. The molecule has 0 aromatic carbocycles. The minimum atomic E-state index is 0.263. The van der Waals surface area contributed by atoms with Crippen LogP contribution in [-0.2, 0) is 4.74 Å². The number of nitrogens with zero attached hydrogens (tertiary/aromatic N) is 1. The topological polar surface area (TPSA) is 38.5 Å². The third kappa shape index (κ3) is 3.06. The smallest absolute Gasteiger partial charge is 0.0931 e. The van der Waals surface area contributed by atoms with E-state index in [1.807, 2.05) is 6.07 Å². The first-order valence-electron chi connectivity index (χ1n) is 6.48. The first-order chi connectivity index (χ1) is 8.65. The first kappa shape index (κ1) is 14.3. The maximum absolute atomic E-state index is 6.03. The second kappa shape index (κ2) is 6.35. The number of nitrogens with two attached hydrogens (primary N) is 1. The second-order valence-corrected chi connectivity index (χ2v) is 6.54.